The van der Waals surface area contributed by atoms with Crippen molar-refractivity contribution in [3.63, 3.8) is 0 Å². The molecule has 0 atom stereocenters. The Labute approximate surface area is 150 Å². The second kappa shape index (κ2) is 7.94. The van der Waals surface area contributed by atoms with Crippen LogP contribution in [0.5, 0.6) is 17.2 Å². The van der Waals surface area contributed by atoms with E-state index in [1.54, 1.807) is 33.1 Å². The number of thioether (sulfide) groups is 1. The maximum absolute atomic E-state index is 5.35. The SMILES string of the molecule is COc1ccccc1N=C1NN=C(c2ccc(OC)c(OC)c2)CS1. The summed E-state index contributed by atoms with van der Waals surface area (Å²) >= 11 is 1.58. The van der Waals surface area contributed by atoms with Gasteiger partial charge >= 0.3 is 0 Å². The van der Waals surface area contributed by atoms with E-state index in [9.17, 15) is 0 Å². The molecular formula is C18H19N3O3S. The normalized spacial score (nSPS) is 15.3. The van der Waals surface area contributed by atoms with Crippen LogP contribution in [-0.4, -0.2) is 38.0 Å². The van der Waals surface area contributed by atoms with Gasteiger partial charge in [0, 0.05) is 11.3 Å². The van der Waals surface area contributed by atoms with Crippen LogP contribution in [0, 0.1) is 0 Å². The number of ether oxygens (including phenoxy) is 3. The minimum absolute atomic E-state index is 0.682. The molecule has 0 unspecified atom stereocenters. The fourth-order valence-corrected chi connectivity index (χ4v) is 3.15. The van der Waals surface area contributed by atoms with E-state index in [0.29, 0.717) is 17.3 Å². The second-order valence-corrected chi connectivity index (χ2v) is 6.08. The standard InChI is InChI=1S/C18H19N3O3S/c1-22-15-7-5-4-6-13(15)19-18-21-20-14(11-25-18)12-8-9-16(23-2)17(10-12)24-3/h4-10H,11H2,1-3H3,(H,19,21). The fourth-order valence-electron chi connectivity index (χ4n) is 2.37. The van der Waals surface area contributed by atoms with Crippen molar-refractivity contribution in [1.82, 2.24) is 5.43 Å². The Morgan fingerprint density at radius 1 is 0.960 bits per heavy atom. The number of hydrogen-bond donors (Lipinski definition) is 1. The first-order chi connectivity index (χ1) is 12.2. The van der Waals surface area contributed by atoms with Gasteiger partial charge in [-0.05, 0) is 30.3 Å². The number of para-hydroxylation sites is 2. The van der Waals surface area contributed by atoms with Crippen molar-refractivity contribution in [1.29, 1.82) is 0 Å². The summed E-state index contributed by atoms with van der Waals surface area (Å²) in [6.07, 6.45) is 0. The van der Waals surface area contributed by atoms with Gasteiger partial charge in [-0.1, -0.05) is 23.9 Å². The van der Waals surface area contributed by atoms with Crippen LogP contribution >= 0.6 is 11.8 Å². The minimum atomic E-state index is 0.682. The molecule has 3 rings (SSSR count). The molecular weight excluding hydrogens is 338 g/mol. The molecule has 0 radical (unpaired) electrons. The summed E-state index contributed by atoms with van der Waals surface area (Å²) in [7, 11) is 4.87. The van der Waals surface area contributed by atoms with Gasteiger partial charge in [-0.15, -0.1) is 0 Å². The summed E-state index contributed by atoms with van der Waals surface area (Å²) in [4.78, 5) is 4.57. The summed E-state index contributed by atoms with van der Waals surface area (Å²) in [6, 6.07) is 13.4. The van der Waals surface area contributed by atoms with E-state index in [2.05, 4.69) is 15.5 Å². The summed E-state index contributed by atoms with van der Waals surface area (Å²) in [5.41, 5.74) is 5.68. The van der Waals surface area contributed by atoms with E-state index in [4.69, 9.17) is 14.2 Å². The Morgan fingerprint density at radius 2 is 1.72 bits per heavy atom. The molecule has 0 spiro atoms. The predicted octanol–water partition coefficient (Wildman–Crippen LogP) is 3.44. The molecule has 0 fully saturated rings. The van der Waals surface area contributed by atoms with Gasteiger partial charge in [0.15, 0.2) is 16.7 Å². The lowest BCUT2D eigenvalue weighted by molar-refractivity contribution is 0.355. The molecule has 0 amide bonds. The van der Waals surface area contributed by atoms with Crippen LogP contribution in [0.25, 0.3) is 0 Å². The third kappa shape index (κ3) is 3.88. The van der Waals surface area contributed by atoms with Crippen LogP contribution in [0.3, 0.4) is 0 Å². The topological polar surface area (TPSA) is 64.4 Å². The summed E-state index contributed by atoms with van der Waals surface area (Å²) in [5, 5.41) is 5.17. The molecule has 0 aliphatic carbocycles. The molecule has 1 aliphatic heterocycles. The van der Waals surface area contributed by atoms with Crippen molar-refractivity contribution in [3.05, 3.63) is 48.0 Å². The van der Waals surface area contributed by atoms with E-state index >= 15 is 0 Å². The van der Waals surface area contributed by atoms with Crippen LogP contribution in [0.4, 0.5) is 5.69 Å². The highest BCUT2D eigenvalue weighted by Crippen LogP contribution is 2.30. The van der Waals surface area contributed by atoms with E-state index in [1.165, 1.54) is 0 Å². The molecule has 0 saturated heterocycles. The largest absolute Gasteiger partial charge is 0.494 e. The number of hydrogen-bond acceptors (Lipinski definition) is 6. The molecule has 2 aromatic carbocycles. The first-order valence-corrected chi connectivity index (χ1v) is 8.63. The number of amidine groups is 1. The summed E-state index contributed by atoms with van der Waals surface area (Å²) < 4.78 is 15.9. The van der Waals surface area contributed by atoms with Crippen molar-refractivity contribution in [2.75, 3.05) is 27.1 Å². The molecule has 7 heteroatoms. The zero-order valence-electron chi connectivity index (χ0n) is 14.3. The van der Waals surface area contributed by atoms with E-state index in [0.717, 1.165) is 27.9 Å². The van der Waals surface area contributed by atoms with Gasteiger partial charge in [-0.2, -0.15) is 5.10 Å². The number of hydrazone groups is 1. The Morgan fingerprint density at radius 3 is 2.40 bits per heavy atom. The van der Waals surface area contributed by atoms with Crippen LogP contribution < -0.4 is 19.6 Å². The molecule has 2 aromatic rings. The van der Waals surface area contributed by atoms with Crippen molar-refractivity contribution in [2.24, 2.45) is 10.1 Å². The van der Waals surface area contributed by atoms with Crippen LogP contribution in [-0.2, 0) is 0 Å². The maximum atomic E-state index is 5.35. The van der Waals surface area contributed by atoms with Gasteiger partial charge < -0.3 is 14.2 Å². The number of nitrogens with one attached hydrogen (secondary N) is 1. The third-order valence-electron chi connectivity index (χ3n) is 3.66. The summed E-state index contributed by atoms with van der Waals surface area (Å²) in [6.45, 7) is 0. The third-order valence-corrected chi connectivity index (χ3v) is 4.53. The lowest BCUT2D eigenvalue weighted by Crippen LogP contribution is -2.25. The van der Waals surface area contributed by atoms with E-state index < -0.39 is 0 Å². The molecule has 0 aromatic heterocycles. The van der Waals surface area contributed by atoms with Crippen molar-refractivity contribution in [2.45, 2.75) is 0 Å². The highest BCUT2D eigenvalue weighted by Gasteiger charge is 2.15. The van der Waals surface area contributed by atoms with Crippen LogP contribution in [0.2, 0.25) is 0 Å². The lowest BCUT2D eigenvalue weighted by atomic mass is 10.1. The van der Waals surface area contributed by atoms with Gasteiger partial charge in [-0.3, -0.25) is 5.43 Å². The van der Waals surface area contributed by atoms with Gasteiger partial charge in [0.1, 0.15) is 11.4 Å². The molecule has 6 nitrogen and oxygen atoms in total. The lowest BCUT2D eigenvalue weighted by Gasteiger charge is -2.16. The maximum Gasteiger partial charge on any atom is 0.182 e. The quantitative estimate of drug-likeness (QED) is 0.888. The number of methoxy groups -OCH3 is 3. The molecule has 0 bridgehead atoms. The highest BCUT2D eigenvalue weighted by molar-refractivity contribution is 8.14. The summed E-state index contributed by atoms with van der Waals surface area (Å²) in [5.74, 6) is 2.81. The van der Waals surface area contributed by atoms with Crippen molar-refractivity contribution >= 4 is 28.3 Å². The number of aliphatic imine (C=N–C) groups is 1. The molecule has 130 valence electrons. The van der Waals surface area contributed by atoms with Gasteiger partial charge in [0.25, 0.3) is 0 Å². The molecule has 1 heterocycles. The van der Waals surface area contributed by atoms with Gasteiger partial charge in [0.2, 0.25) is 0 Å². The smallest absolute Gasteiger partial charge is 0.182 e. The van der Waals surface area contributed by atoms with E-state index in [-0.39, 0.29) is 0 Å². The number of nitrogens with zero attached hydrogens (tertiary/aromatic N) is 2. The molecule has 1 aliphatic rings. The van der Waals surface area contributed by atoms with Gasteiger partial charge in [0.05, 0.1) is 27.0 Å². The monoisotopic (exact) mass is 357 g/mol. The molecule has 25 heavy (non-hydrogen) atoms. The van der Waals surface area contributed by atoms with Crippen LogP contribution in [0.1, 0.15) is 5.56 Å². The average molecular weight is 357 g/mol. The Bertz CT molecular complexity index is 821. The van der Waals surface area contributed by atoms with Crippen molar-refractivity contribution < 1.29 is 14.2 Å². The van der Waals surface area contributed by atoms with Gasteiger partial charge in [-0.25, -0.2) is 4.99 Å². The highest BCUT2D eigenvalue weighted by atomic mass is 32.2. The average Bonchev–Trinajstić information content (AvgIpc) is 2.68. The Balaban J connectivity index is 1.80. The number of benzene rings is 2. The molecule has 1 N–H and O–H groups in total. The zero-order valence-corrected chi connectivity index (χ0v) is 15.1. The Hall–Kier alpha value is -2.67. The minimum Gasteiger partial charge on any atom is -0.494 e. The van der Waals surface area contributed by atoms with Crippen molar-refractivity contribution in [3.8, 4) is 17.2 Å². The first kappa shape index (κ1) is 17.2. The first-order valence-electron chi connectivity index (χ1n) is 7.64. The molecule has 0 saturated carbocycles. The number of rotatable bonds is 5. The fraction of sp³-hybridized carbons (Fsp3) is 0.222. The van der Waals surface area contributed by atoms with E-state index in [1.807, 2.05) is 42.5 Å². The van der Waals surface area contributed by atoms with Crippen LogP contribution in [0.15, 0.2) is 52.6 Å². The Kier molecular flexibility index (Phi) is 5.45. The predicted molar refractivity (Wildman–Crippen MR) is 102 cm³/mol. The zero-order chi connectivity index (χ0) is 17.6. The second-order valence-electron chi connectivity index (χ2n) is 5.12.